The van der Waals surface area contributed by atoms with Crippen molar-refractivity contribution in [1.82, 2.24) is 0 Å². The fourth-order valence-corrected chi connectivity index (χ4v) is 3.96. The van der Waals surface area contributed by atoms with Gasteiger partial charge in [-0.05, 0) is 43.5 Å². The molecule has 2 rings (SSSR count). The molecule has 0 fully saturated rings. The molecule has 0 bridgehead atoms. The molecule has 156 valence electrons. The summed E-state index contributed by atoms with van der Waals surface area (Å²) in [5, 5.41) is 0. The van der Waals surface area contributed by atoms with Crippen molar-refractivity contribution in [3.63, 3.8) is 0 Å². The fourth-order valence-electron chi connectivity index (χ4n) is 3.96. The summed E-state index contributed by atoms with van der Waals surface area (Å²) in [7, 11) is 0. The van der Waals surface area contributed by atoms with Gasteiger partial charge in [0.1, 0.15) is 12.7 Å². The van der Waals surface area contributed by atoms with Crippen LogP contribution >= 0.6 is 0 Å². The number of ether oxygens (including phenoxy) is 2. The highest BCUT2D eigenvalue weighted by Crippen LogP contribution is 2.38. The van der Waals surface area contributed by atoms with E-state index in [9.17, 15) is 9.59 Å². The summed E-state index contributed by atoms with van der Waals surface area (Å²) in [6.45, 7) is 6.47. The topological polar surface area (TPSA) is 52.6 Å². The van der Waals surface area contributed by atoms with Gasteiger partial charge in [-0.25, -0.2) is 9.59 Å². The highest BCUT2D eigenvalue weighted by molar-refractivity contribution is 5.90. The fraction of sp³-hybridized carbons (Fsp3) is 0.440. The third-order valence-electron chi connectivity index (χ3n) is 5.31. The monoisotopic (exact) mass is 396 g/mol. The lowest BCUT2D eigenvalue weighted by molar-refractivity contribution is -0.0595. The van der Waals surface area contributed by atoms with Gasteiger partial charge in [0, 0.05) is 5.41 Å². The van der Waals surface area contributed by atoms with Crippen LogP contribution in [-0.2, 0) is 9.47 Å². The number of hydrogen-bond acceptors (Lipinski definition) is 4. The Morgan fingerprint density at radius 2 is 1.28 bits per heavy atom. The molecule has 2 aromatic rings. The van der Waals surface area contributed by atoms with E-state index in [4.69, 9.17) is 9.47 Å². The Morgan fingerprint density at radius 1 is 0.793 bits per heavy atom. The Bertz CT molecular complexity index is 749. The van der Waals surface area contributed by atoms with Crippen LogP contribution in [0.4, 0.5) is 0 Å². The van der Waals surface area contributed by atoms with E-state index in [1.54, 1.807) is 24.3 Å². The predicted molar refractivity (Wildman–Crippen MR) is 115 cm³/mol. The van der Waals surface area contributed by atoms with Crippen molar-refractivity contribution >= 4 is 11.9 Å². The molecule has 0 aliphatic heterocycles. The van der Waals surface area contributed by atoms with Crippen molar-refractivity contribution in [2.24, 2.45) is 5.41 Å². The molecule has 0 saturated heterocycles. The lowest BCUT2D eigenvalue weighted by Crippen LogP contribution is -2.42. The normalized spacial score (nSPS) is 12.2. The third kappa shape index (κ3) is 6.18. The van der Waals surface area contributed by atoms with Gasteiger partial charge in [-0.2, -0.15) is 0 Å². The Kier molecular flexibility index (Phi) is 8.91. The summed E-state index contributed by atoms with van der Waals surface area (Å²) in [5.74, 6) is -0.671. The van der Waals surface area contributed by atoms with Crippen molar-refractivity contribution in [3.8, 4) is 0 Å². The minimum atomic E-state index is -0.396. The second-order valence-corrected chi connectivity index (χ2v) is 7.47. The van der Waals surface area contributed by atoms with Gasteiger partial charge in [0.15, 0.2) is 0 Å². The average molecular weight is 397 g/mol. The van der Waals surface area contributed by atoms with Gasteiger partial charge in [-0.1, -0.05) is 70.0 Å². The summed E-state index contributed by atoms with van der Waals surface area (Å²) >= 11 is 0. The van der Waals surface area contributed by atoms with E-state index in [0.717, 1.165) is 25.7 Å². The lowest BCUT2D eigenvalue weighted by atomic mass is 9.74. The maximum atomic E-state index is 12.7. The Morgan fingerprint density at radius 3 is 1.72 bits per heavy atom. The molecule has 2 aromatic carbocycles. The molecule has 4 heteroatoms. The highest BCUT2D eigenvalue weighted by atomic mass is 16.6. The number of rotatable bonds is 11. The number of hydrogen-bond donors (Lipinski definition) is 0. The molecule has 0 amide bonds. The van der Waals surface area contributed by atoms with E-state index in [2.05, 4.69) is 13.8 Å². The molecule has 1 atom stereocenters. The first-order valence-corrected chi connectivity index (χ1v) is 10.5. The molecule has 0 N–H and O–H groups in total. The maximum Gasteiger partial charge on any atom is 0.338 e. The van der Waals surface area contributed by atoms with Gasteiger partial charge in [0.2, 0.25) is 0 Å². The quantitative estimate of drug-likeness (QED) is 0.433. The largest absolute Gasteiger partial charge is 0.461 e. The second kappa shape index (κ2) is 11.4. The lowest BCUT2D eigenvalue weighted by Gasteiger charge is -2.39. The summed E-state index contributed by atoms with van der Waals surface area (Å²) in [6.07, 6.45) is 3.83. The smallest absolute Gasteiger partial charge is 0.338 e. The first-order chi connectivity index (χ1) is 14.1. The van der Waals surface area contributed by atoms with Crippen LogP contribution in [0.1, 0.15) is 73.6 Å². The van der Waals surface area contributed by atoms with Crippen molar-refractivity contribution in [2.75, 3.05) is 6.61 Å². The van der Waals surface area contributed by atoms with E-state index in [0.29, 0.717) is 17.5 Å². The molecule has 0 aliphatic carbocycles. The summed E-state index contributed by atoms with van der Waals surface area (Å²) < 4.78 is 11.7. The van der Waals surface area contributed by atoms with Crippen LogP contribution in [0.5, 0.6) is 0 Å². The molecule has 29 heavy (non-hydrogen) atoms. The number of carbonyl (C=O) groups is 2. The van der Waals surface area contributed by atoms with Crippen molar-refractivity contribution < 1.29 is 19.1 Å². The first-order valence-electron chi connectivity index (χ1n) is 10.5. The first kappa shape index (κ1) is 22.7. The van der Waals surface area contributed by atoms with Crippen LogP contribution < -0.4 is 0 Å². The van der Waals surface area contributed by atoms with Gasteiger partial charge in [0.25, 0.3) is 0 Å². The standard InChI is InChI=1S/C25H32O4/c1-4-17-25(18-5-2,19-28-23(26)20-13-9-7-10-14-20)22(6-3)29-24(27)21-15-11-8-12-16-21/h7-16,22H,4-6,17-19H2,1-3H3. The van der Waals surface area contributed by atoms with Crippen LogP contribution in [-0.4, -0.2) is 24.6 Å². The minimum Gasteiger partial charge on any atom is -0.461 e. The van der Waals surface area contributed by atoms with Crippen molar-refractivity contribution in [2.45, 2.75) is 59.0 Å². The SMILES string of the molecule is CCCC(CCC)(COC(=O)c1ccccc1)C(CC)OC(=O)c1ccccc1. The molecule has 0 radical (unpaired) electrons. The second-order valence-electron chi connectivity index (χ2n) is 7.47. The van der Waals surface area contributed by atoms with Gasteiger partial charge < -0.3 is 9.47 Å². The minimum absolute atomic E-state index is 0.239. The summed E-state index contributed by atoms with van der Waals surface area (Å²) in [5.41, 5.74) is 0.672. The third-order valence-corrected chi connectivity index (χ3v) is 5.31. The van der Waals surface area contributed by atoms with Gasteiger partial charge in [-0.15, -0.1) is 0 Å². The van der Waals surface area contributed by atoms with Crippen molar-refractivity contribution in [3.05, 3.63) is 71.8 Å². The number of esters is 2. The molecule has 0 aliphatic rings. The van der Waals surface area contributed by atoms with Crippen LogP contribution in [0.3, 0.4) is 0 Å². The van der Waals surface area contributed by atoms with Crippen LogP contribution in [0.2, 0.25) is 0 Å². The maximum absolute atomic E-state index is 12.7. The Hall–Kier alpha value is -2.62. The van der Waals surface area contributed by atoms with Gasteiger partial charge in [-0.3, -0.25) is 0 Å². The molecule has 4 nitrogen and oxygen atoms in total. The van der Waals surface area contributed by atoms with Crippen molar-refractivity contribution in [1.29, 1.82) is 0 Å². The molecule has 1 unspecified atom stereocenters. The van der Waals surface area contributed by atoms with E-state index in [1.165, 1.54) is 0 Å². The zero-order valence-electron chi connectivity index (χ0n) is 17.7. The molecule has 0 aromatic heterocycles. The molecule has 0 spiro atoms. The predicted octanol–water partition coefficient (Wildman–Crippen LogP) is 6.07. The molecule has 0 heterocycles. The van der Waals surface area contributed by atoms with Crippen LogP contribution in [0, 0.1) is 5.41 Å². The number of carbonyl (C=O) groups excluding carboxylic acids is 2. The summed E-state index contributed by atoms with van der Waals surface area (Å²) in [4.78, 5) is 25.2. The zero-order chi connectivity index (χ0) is 21.1. The van der Waals surface area contributed by atoms with E-state index >= 15 is 0 Å². The summed E-state index contributed by atoms with van der Waals surface area (Å²) in [6, 6.07) is 18.0. The molecule has 0 saturated carbocycles. The van der Waals surface area contributed by atoms with E-state index in [1.807, 2.05) is 43.3 Å². The van der Waals surface area contributed by atoms with Crippen LogP contribution in [0.15, 0.2) is 60.7 Å². The van der Waals surface area contributed by atoms with E-state index < -0.39 is 5.41 Å². The molecular formula is C25H32O4. The Labute approximate surface area is 174 Å². The van der Waals surface area contributed by atoms with Crippen LogP contribution in [0.25, 0.3) is 0 Å². The van der Waals surface area contributed by atoms with E-state index in [-0.39, 0.29) is 24.6 Å². The molecular weight excluding hydrogens is 364 g/mol. The number of benzene rings is 2. The highest BCUT2D eigenvalue weighted by Gasteiger charge is 2.40. The van der Waals surface area contributed by atoms with Gasteiger partial charge in [0.05, 0.1) is 11.1 Å². The average Bonchev–Trinajstić information content (AvgIpc) is 2.77. The zero-order valence-corrected chi connectivity index (χ0v) is 17.7. The Balaban J connectivity index is 2.20. The van der Waals surface area contributed by atoms with Gasteiger partial charge >= 0.3 is 11.9 Å².